The molecule has 0 aliphatic heterocycles. The van der Waals surface area contributed by atoms with Crippen LogP contribution in [0.15, 0.2) is 0 Å². The van der Waals surface area contributed by atoms with Gasteiger partial charge in [-0.2, -0.15) is 0 Å². The number of amides is 1. The maximum atomic E-state index is 11.4. The molecule has 5 nitrogen and oxygen atoms in total. The number of alkyl carbamates (subject to hydrolysis) is 1. The van der Waals surface area contributed by atoms with Gasteiger partial charge in [-0.1, -0.05) is 0 Å². The molecule has 0 heterocycles. The molecular weight excluding hydrogens is 232 g/mol. The number of methoxy groups -OCH3 is 1. The van der Waals surface area contributed by atoms with Gasteiger partial charge in [-0.25, -0.2) is 4.79 Å². The molecule has 1 fully saturated rings. The Hall–Kier alpha value is -0.810. The number of hydrogen-bond donors (Lipinski definition) is 2. The number of carbonyl (C=O) groups excluding carboxylic acids is 1. The fourth-order valence-corrected chi connectivity index (χ4v) is 1.91. The fraction of sp³-hybridized carbons (Fsp3) is 0.923. The van der Waals surface area contributed by atoms with E-state index in [1.807, 2.05) is 20.8 Å². The van der Waals surface area contributed by atoms with Crippen LogP contribution in [0, 0.1) is 0 Å². The van der Waals surface area contributed by atoms with Crippen molar-refractivity contribution >= 4 is 6.09 Å². The van der Waals surface area contributed by atoms with Crippen LogP contribution in [0.1, 0.15) is 40.5 Å². The standard InChI is InChI=1S/C13H26N2O3/c1-9(15-10-6-11(7-10)17-5)8-14-12(16)18-13(2,3)4/h9-11,15H,6-8H2,1-5H3,(H,14,16). The highest BCUT2D eigenvalue weighted by Crippen LogP contribution is 2.22. The summed E-state index contributed by atoms with van der Waals surface area (Å²) in [6, 6.07) is 0.741. The van der Waals surface area contributed by atoms with Gasteiger partial charge in [-0.15, -0.1) is 0 Å². The molecule has 0 aromatic rings. The summed E-state index contributed by atoms with van der Waals surface area (Å²) in [4.78, 5) is 11.4. The largest absolute Gasteiger partial charge is 0.444 e. The number of nitrogens with one attached hydrogen (secondary N) is 2. The minimum atomic E-state index is -0.444. The topological polar surface area (TPSA) is 59.6 Å². The monoisotopic (exact) mass is 258 g/mol. The molecule has 0 bridgehead atoms. The third-order valence-corrected chi connectivity index (χ3v) is 2.90. The van der Waals surface area contributed by atoms with E-state index in [0.717, 1.165) is 12.8 Å². The zero-order valence-corrected chi connectivity index (χ0v) is 12.1. The highest BCUT2D eigenvalue weighted by Gasteiger charge is 2.29. The third-order valence-electron chi connectivity index (χ3n) is 2.90. The molecule has 106 valence electrons. The van der Waals surface area contributed by atoms with Crippen LogP contribution in [-0.2, 0) is 9.47 Å². The smallest absolute Gasteiger partial charge is 0.407 e. The van der Waals surface area contributed by atoms with E-state index in [4.69, 9.17) is 9.47 Å². The first-order valence-corrected chi connectivity index (χ1v) is 6.56. The predicted octanol–water partition coefficient (Wildman–Crippen LogP) is 1.67. The lowest BCUT2D eigenvalue weighted by molar-refractivity contribution is 0.0144. The molecule has 2 N–H and O–H groups in total. The number of rotatable bonds is 5. The van der Waals surface area contributed by atoms with E-state index in [9.17, 15) is 4.79 Å². The van der Waals surface area contributed by atoms with Crippen molar-refractivity contribution < 1.29 is 14.3 Å². The molecule has 1 saturated carbocycles. The van der Waals surface area contributed by atoms with Crippen LogP contribution in [0.3, 0.4) is 0 Å². The van der Waals surface area contributed by atoms with E-state index in [2.05, 4.69) is 17.6 Å². The van der Waals surface area contributed by atoms with Crippen LogP contribution in [0.4, 0.5) is 4.79 Å². The lowest BCUT2D eigenvalue weighted by Crippen LogP contribution is -2.51. The molecule has 1 rings (SSSR count). The van der Waals surface area contributed by atoms with Crippen molar-refractivity contribution in [1.82, 2.24) is 10.6 Å². The van der Waals surface area contributed by atoms with E-state index in [0.29, 0.717) is 18.7 Å². The Balaban J connectivity index is 2.10. The minimum Gasteiger partial charge on any atom is -0.444 e. The molecule has 0 aromatic carbocycles. The van der Waals surface area contributed by atoms with Crippen molar-refractivity contribution in [3.8, 4) is 0 Å². The molecular formula is C13H26N2O3. The number of hydrogen-bond acceptors (Lipinski definition) is 4. The Morgan fingerprint density at radius 3 is 2.50 bits per heavy atom. The van der Waals surface area contributed by atoms with Crippen molar-refractivity contribution in [2.45, 2.75) is 64.3 Å². The number of carbonyl (C=O) groups is 1. The second kappa shape index (κ2) is 6.38. The summed E-state index contributed by atoms with van der Waals surface area (Å²) in [5.74, 6) is 0. The maximum absolute atomic E-state index is 11.4. The van der Waals surface area contributed by atoms with E-state index >= 15 is 0 Å². The zero-order valence-electron chi connectivity index (χ0n) is 12.1. The second-order valence-electron chi connectivity index (χ2n) is 5.98. The molecule has 0 saturated heterocycles. The van der Waals surface area contributed by atoms with Crippen LogP contribution in [0.25, 0.3) is 0 Å². The number of ether oxygens (including phenoxy) is 2. The molecule has 0 spiro atoms. The van der Waals surface area contributed by atoms with E-state index in [1.54, 1.807) is 7.11 Å². The molecule has 1 atom stereocenters. The summed E-state index contributed by atoms with van der Waals surface area (Å²) in [6.07, 6.45) is 2.13. The Morgan fingerprint density at radius 2 is 2.00 bits per heavy atom. The van der Waals surface area contributed by atoms with Gasteiger partial charge in [0, 0.05) is 25.7 Å². The first-order chi connectivity index (χ1) is 8.30. The van der Waals surface area contributed by atoms with Gasteiger partial charge in [0.2, 0.25) is 0 Å². The van der Waals surface area contributed by atoms with Gasteiger partial charge in [-0.05, 0) is 40.5 Å². The second-order valence-corrected chi connectivity index (χ2v) is 5.98. The van der Waals surface area contributed by atoms with E-state index in [-0.39, 0.29) is 12.1 Å². The maximum Gasteiger partial charge on any atom is 0.407 e. The van der Waals surface area contributed by atoms with Crippen molar-refractivity contribution in [2.24, 2.45) is 0 Å². The molecule has 5 heteroatoms. The van der Waals surface area contributed by atoms with E-state index in [1.165, 1.54) is 0 Å². The summed E-state index contributed by atoms with van der Waals surface area (Å²) >= 11 is 0. The van der Waals surface area contributed by atoms with Crippen LogP contribution in [-0.4, -0.2) is 43.5 Å². The molecule has 1 unspecified atom stereocenters. The lowest BCUT2D eigenvalue weighted by Gasteiger charge is -2.36. The highest BCUT2D eigenvalue weighted by molar-refractivity contribution is 5.67. The van der Waals surface area contributed by atoms with Crippen molar-refractivity contribution in [2.75, 3.05) is 13.7 Å². The Bertz CT molecular complexity index is 270. The quantitative estimate of drug-likeness (QED) is 0.787. The minimum absolute atomic E-state index is 0.236. The molecule has 1 aliphatic rings. The van der Waals surface area contributed by atoms with Gasteiger partial charge < -0.3 is 20.1 Å². The summed E-state index contributed by atoms with van der Waals surface area (Å²) in [7, 11) is 1.74. The molecule has 18 heavy (non-hydrogen) atoms. The first-order valence-electron chi connectivity index (χ1n) is 6.56. The van der Waals surface area contributed by atoms with Crippen LogP contribution in [0.2, 0.25) is 0 Å². The van der Waals surface area contributed by atoms with Crippen molar-refractivity contribution in [3.05, 3.63) is 0 Å². The van der Waals surface area contributed by atoms with Crippen molar-refractivity contribution in [1.29, 1.82) is 0 Å². The average molecular weight is 258 g/mol. The normalized spacial score (nSPS) is 25.2. The van der Waals surface area contributed by atoms with Gasteiger partial charge in [-0.3, -0.25) is 0 Å². The highest BCUT2D eigenvalue weighted by atomic mass is 16.6. The third kappa shape index (κ3) is 5.69. The Kier molecular flexibility index (Phi) is 5.41. The SMILES string of the molecule is COC1CC(NC(C)CNC(=O)OC(C)(C)C)C1. The molecule has 0 aromatic heterocycles. The van der Waals surface area contributed by atoms with E-state index < -0.39 is 5.60 Å². The van der Waals surface area contributed by atoms with Crippen LogP contribution < -0.4 is 10.6 Å². The van der Waals surface area contributed by atoms with Gasteiger partial charge in [0.05, 0.1) is 6.10 Å². The summed E-state index contributed by atoms with van der Waals surface area (Å²) < 4.78 is 10.4. The average Bonchev–Trinajstić information content (AvgIpc) is 2.17. The predicted molar refractivity (Wildman–Crippen MR) is 70.7 cm³/mol. The van der Waals surface area contributed by atoms with Gasteiger partial charge >= 0.3 is 6.09 Å². The molecule has 0 radical (unpaired) electrons. The Morgan fingerprint density at radius 1 is 1.39 bits per heavy atom. The summed E-state index contributed by atoms with van der Waals surface area (Å²) in [6.45, 7) is 8.19. The summed E-state index contributed by atoms with van der Waals surface area (Å²) in [5, 5.41) is 6.21. The van der Waals surface area contributed by atoms with Crippen LogP contribution in [0.5, 0.6) is 0 Å². The van der Waals surface area contributed by atoms with Gasteiger partial charge in [0.15, 0.2) is 0 Å². The molecule has 1 aliphatic carbocycles. The van der Waals surface area contributed by atoms with Gasteiger partial charge in [0.1, 0.15) is 5.60 Å². The van der Waals surface area contributed by atoms with Gasteiger partial charge in [0.25, 0.3) is 0 Å². The van der Waals surface area contributed by atoms with Crippen LogP contribution >= 0.6 is 0 Å². The molecule has 1 amide bonds. The first kappa shape index (κ1) is 15.2. The Labute approximate surface area is 110 Å². The summed E-state index contributed by atoms with van der Waals surface area (Å²) in [5.41, 5.74) is -0.444. The van der Waals surface area contributed by atoms with Crippen molar-refractivity contribution in [3.63, 3.8) is 0 Å². The fourth-order valence-electron chi connectivity index (χ4n) is 1.91. The lowest BCUT2D eigenvalue weighted by atomic mass is 9.89. The zero-order chi connectivity index (χ0) is 13.8.